The number of unbranched alkanes of at least 4 members (excludes halogenated alkanes) is 1. The highest BCUT2D eigenvalue weighted by Gasteiger charge is 2.16. The van der Waals surface area contributed by atoms with Crippen LogP contribution in [0.3, 0.4) is 0 Å². The third-order valence-corrected chi connectivity index (χ3v) is 5.35. The van der Waals surface area contributed by atoms with Crippen molar-refractivity contribution in [3.8, 4) is 11.1 Å². The summed E-state index contributed by atoms with van der Waals surface area (Å²) in [6, 6.07) is 9.80. The molecule has 1 amide bonds. The molecule has 0 saturated carbocycles. The Hall–Kier alpha value is -2.47. The number of fused-ring (bicyclic) bond motifs is 1. The normalized spacial score (nSPS) is 11.0. The van der Waals surface area contributed by atoms with Gasteiger partial charge in [0.05, 0.1) is 11.7 Å². The highest BCUT2D eigenvalue weighted by atomic mass is 32.1. The minimum atomic E-state index is -0.157. The SMILES string of the molecule is CCCCN(CC)C(=O)Cn1cnc2scc(-c3ccccc3)c2c1=O. The van der Waals surface area contributed by atoms with Gasteiger partial charge in [-0.1, -0.05) is 43.7 Å². The Morgan fingerprint density at radius 1 is 1.23 bits per heavy atom. The van der Waals surface area contributed by atoms with Gasteiger partial charge in [0.25, 0.3) is 5.56 Å². The zero-order valence-corrected chi connectivity index (χ0v) is 16.0. The van der Waals surface area contributed by atoms with Crippen molar-refractivity contribution in [2.24, 2.45) is 0 Å². The van der Waals surface area contributed by atoms with Crippen LogP contribution < -0.4 is 5.56 Å². The second-order valence-electron chi connectivity index (χ2n) is 6.20. The summed E-state index contributed by atoms with van der Waals surface area (Å²) in [5, 5.41) is 2.55. The molecular formula is C20H23N3O2S. The number of hydrogen-bond acceptors (Lipinski definition) is 4. The molecule has 0 radical (unpaired) electrons. The number of aromatic nitrogens is 2. The summed E-state index contributed by atoms with van der Waals surface area (Å²) in [7, 11) is 0. The molecule has 0 unspecified atom stereocenters. The van der Waals surface area contributed by atoms with Crippen molar-refractivity contribution in [3.63, 3.8) is 0 Å². The monoisotopic (exact) mass is 369 g/mol. The van der Waals surface area contributed by atoms with Gasteiger partial charge in [-0.15, -0.1) is 11.3 Å². The first-order valence-electron chi connectivity index (χ1n) is 8.95. The number of amides is 1. The lowest BCUT2D eigenvalue weighted by atomic mass is 10.1. The van der Waals surface area contributed by atoms with Gasteiger partial charge in [-0.05, 0) is 18.9 Å². The molecule has 2 heterocycles. The van der Waals surface area contributed by atoms with Gasteiger partial charge in [0.1, 0.15) is 11.4 Å². The van der Waals surface area contributed by atoms with E-state index in [2.05, 4.69) is 11.9 Å². The number of thiophene rings is 1. The predicted octanol–water partition coefficient (Wildman–Crippen LogP) is 3.77. The lowest BCUT2D eigenvalue weighted by Gasteiger charge is -2.21. The van der Waals surface area contributed by atoms with Gasteiger partial charge in [-0.25, -0.2) is 4.98 Å². The van der Waals surface area contributed by atoms with Gasteiger partial charge in [0.2, 0.25) is 5.91 Å². The average molecular weight is 369 g/mol. The van der Waals surface area contributed by atoms with Crippen LogP contribution in [0.5, 0.6) is 0 Å². The maximum atomic E-state index is 13.0. The first-order chi connectivity index (χ1) is 12.7. The van der Waals surface area contributed by atoms with Crippen LogP contribution in [0.15, 0.2) is 46.8 Å². The molecule has 0 aliphatic rings. The van der Waals surface area contributed by atoms with Crippen molar-refractivity contribution < 1.29 is 4.79 Å². The molecule has 0 fully saturated rings. The number of hydrogen-bond donors (Lipinski definition) is 0. The molecule has 2 aromatic heterocycles. The number of carbonyl (C=O) groups is 1. The maximum absolute atomic E-state index is 13.0. The van der Waals surface area contributed by atoms with Crippen LogP contribution in [0.1, 0.15) is 26.7 Å². The first kappa shape index (κ1) is 18.3. The maximum Gasteiger partial charge on any atom is 0.263 e. The van der Waals surface area contributed by atoms with E-state index >= 15 is 0 Å². The van der Waals surface area contributed by atoms with E-state index in [0.29, 0.717) is 16.8 Å². The van der Waals surface area contributed by atoms with Crippen molar-refractivity contribution in [2.45, 2.75) is 33.2 Å². The number of carbonyl (C=O) groups excluding carboxylic acids is 1. The quantitative estimate of drug-likeness (QED) is 0.637. The highest BCUT2D eigenvalue weighted by molar-refractivity contribution is 7.17. The van der Waals surface area contributed by atoms with Crippen molar-refractivity contribution in [3.05, 3.63) is 52.4 Å². The van der Waals surface area contributed by atoms with Crippen molar-refractivity contribution >= 4 is 27.5 Å². The minimum Gasteiger partial charge on any atom is -0.341 e. The number of benzene rings is 1. The standard InChI is InChI=1S/C20H23N3O2S/c1-3-5-11-22(4-2)17(24)12-23-14-21-19-18(20(23)25)16(13-26-19)15-9-7-6-8-10-15/h6-10,13-14H,3-5,11-12H2,1-2H3. The molecule has 0 aliphatic carbocycles. The summed E-state index contributed by atoms with van der Waals surface area (Å²) in [5.74, 6) is -0.0410. The molecule has 0 bridgehead atoms. The van der Waals surface area contributed by atoms with Crippen LogP contribution in [0.2, 0.25) is 0 Å². The van der Waals surface area contributed by atoms with E-state index < -0.39 is 0 Å². The molecule has 5 nitrogen and oxygen atoms in total. The summed E-state index contributed by atoms with van der Waals surface area (Å²) >= 11 is 1.45. The Kier molecular flexibility index (Phi) is 5.83. The number of likely N-dealkylation sites (N-methyl/N-ethyl adjacent to an activating group) is 1. The molecule has 3 rings (SSSR count). The van der Waals surface area contributed by atoms with Crippen molar-refractivity contribution in [1.29, 1.82) is 0 Å². The summed E-state index contributed by atoms with van der Waals surface area (Å²) in [4.78, 5) is 32.5. The number of nitrogens with zero attached hydrogens (tertiary/aromatic N) is 3. The van der Waals surface area contributed by atoms with E-state index in [0.717, 1.165) is 30.5 Å². The largest absolute Gasteiger partial charge is 0.341 e. The third-order valence-electron chi connectivity index (χ3n) is 4.47. The molecule has 6 heteroatoms. The van der Waals surface area contributed by atoms with Crippen molar-refractivity contribution in [2.75, 3.05) is 13.1 Å². The Balaban J connectivity index is 1.94. The van der Waals surface area contributed by atoms with Crippen molar-refractivity contribution in [1.82, 2.24) is 14.5 Å². The van der Waals surface area contributed by atoms with Crippen LogP contribution >= 0.6 is 11.3 Å². The Labute approximate surface area is 156 Å². The van der Waals surface area contributed by atoms with Gasteiger partial charge in [0.15, 0.2) is 0 Å². The predicted molar refractivity (Wildman–Crippen MR) is 106 cm³/mol. The van der Waals surface area contributed by atoms with E-state index in [4.69, 9.17) is 0 Å². The molecule has 136 valence electrons. The first-order valence-corrected chi connectivity index (χ1v) is 9.83. The molecule has 1 aromatic carbocycles. The fourth-order valence-electron chi connectivity index (χ4n) is 2.96. The third kappa shape index (κ3) is 3.70. The van der Waals surface area contributed by atoms with Gasteiger partial charge >= 0.3 is 0 Å². The lowest BCUT2D eigenvalue weighted by molar-refractivity contribution is -0.131. The van der Waals surface area contributed by atoms with Crippen LogP contribution in [0.4, 0.5) is 0 Å². The van der Waals surface area contributed by atoms with Gasteiger partial charge < -0.3 is 4.90 Å². The average Bonchev–Trinajstić information content (AvgIpc) is 3.10. The van der Waals surface area contributed by atoms with Crippen LogP contribution in [0, 0.1) is 0 Å². The molecule has 3 aromatic rings. The summed E-state index contributed by atoms with van der Waals surface area (Å²) in [6.07, 6.45) is 3.49. The molecule has 0 aliphatic heterocycles. The topological polar surface area (TPSA) is 55.2 Å². The fraction of sp³-hybridized carbons (Fsp3) is 0.350. The van der Waals surface area contributed by atoms with E-state index in [1.807, 2.05) is 42.6 Å². The molecule has 0 saturated heterocycles. The van der Waals surface area contributed by atoms with Crippen LogP contribution in [-0.4, -0.2) is 33.4 Å². The molecule has 0 spiro atoms. The van der Waals surface area contributed by atoms with Crippen LogP contribution in [0.25, 0.3) is 21.3 Å². The highest BCUT2D eigenvalue weighted by Crippen LogP contribution is 2.30. The lowest BCUT2D eigenvalue weighted by Crippen LogP contribution is -2.37. The second-order valence-corrected chi connectivity index (χ2v) is 7.06. The summed E-state index contributed by atoms with van der Waals surface area (Å²) < 4.78 is 1.43. The summed E-state index contributed by atoms with van der Waals surface area (Å²) in [5.41, 5.74) is 1.71. The zero-order valence-electron chi connectivity index (χ0n) is 15.1. The van der Waals surface area contributed by atoms with Gasteiger partial charge in [0, 0.05) is 24.0 Å². The van der Waals surface area contributed by atoms with Crippen LogP contribution in [-0.2, 0) is 11.3 Å². The number of rotatable bonds is 7. The van der Waals surface area contributed by atoms with Gasteiger partial charge in [-0.3, -0.25) is 14.2 Å². The van der Waals surface area contributed by atoms with Gasteiger partial charge in [-0.2, -0.15) is 0 Å². The van der Waals surface area contributed by atoms with E-state index in [9.17, 15) is 9.59 Å². The molecule has 0 N–H and O–H groups in total. The Morgan fingerprint density at radius 3 is 2.69 bits per heavy atom. The second kappa shape index (κ2) is 8.27. The van der Waals surface area contributed by atoms with E-state index in [1.54, 1.807) is 4.90 Å². The molecule has 26 heavy (non-hydrogen) atoms. The Bertz CT molecular complexity index is 947. The Morgan fingerprint density at radius 2 is 2.00 bits per heavy atom. The smallest absolute Gasteiger partial charge is 0.263 e. The molecule has 0 atom stereocenters. The molecular weight excluding hydrogens is 346 g/mol. The minimum absolute atomic E-state index is 0.0312. The zero-order chi connectivity index (χ0) is 18.5. The fourth-order valence-corrected chi connectivity index (χ4v) is 3.87. The summed E-state index contributed by atoms with van der Waals surface area (Å²) in [6.45, 7) is 5.47. The van der Waals surface area contributed by atoms with E-state index in [-0.39, 0.29) is 18.0 Å². The van der Waals surface area contributed by atoms with E-state index in [1.165, 1.54) is 22.2 Å².